The van der Waals surface area contributed by atoms with E-state index in [2.05, 4.69) is 5.32 Å². The fourth-order valence-corrected chi connectivity index (χ4v) is 3.62. The maximum atomic E-state index is 13.2. The highest BCUT2D eigenvalue weighted by Gasteiger charge is 2.38. The maximum Gasteiger partial charge on any atom is 0.421 e. The average molecular weight is 354 g/mol. The van der Waals surface area contributed by atoms with E-state index in [1.165, 1.54) is 18.2 Å². The molecule has 0 amide bonds. The van der Waals surface area contributed by atoms with Crippen LogP contribution in [0.2, 0.25) is 5.02 Å². The van der Waals surface area contributed by atoms with Crippen molar-refractivity contribution in [3.63, 3.8) is 0 Å². The zero-order chi connectivity index (χ0) is 16.2. The molecule has 0 radical (unpaired) electrons. The average Bonchev–Trinajstić information content (AvgIpc) is 2.96. The van der Waals surface area contributed by atoms with Crippen molar-refractivity contribution in [1.29, 1.82) is 0 Å². The molecule has 2 nitrogen and oxygen atoms in total. The number of alkyl halides is 3. The van der Waals surface area contributed by atoms with E-state index in [1.54, 1.807) is 11.8 Å². The van der Waals surface area contributed by atoms with Crippen LogP contribution in [0.4, 0.5) is 13.2 Å². The molecule has 1 fully saturated rings. The molecule has 0 spiro atoms. The first-order valence-electron chi connectivity index (χ1n) is 7.24. The van der Waals surface area contributed by atoms with Crippen LogP contribution in [0.3, 0.4) is 0 Å². The van der Waals surface area contributed by atoms with E-state index in [4.69, 9.17) is 16.3 Å². The predicted octanol–water partition coefficient (Wildman–Crippen LogP) is 4.47. The molecule has 22 heavy (non-hydrogen) atoms. The molecule has 2 atom stereocenters. The number of ether oxygens (including phenoxy) is 1. The third kappa shape index (κ3) is 4.46. The molecule has 0 bridgehead atoms. The molecule has 0 saturated carbocycles. The smallest absolute Gasteiger partial charge is 0.421 e. The Morgan fingerprint density at radius 3 is 2.82 bits per heavy atom. The van der Waals surface area contributed by atoms with Gasteiger partial charge in [0.1, 0.15) is 17.4 Å². The minimum Gasteiger partial charge on any atom is -0.489 e. The van der Waals surface area contributed by atoms with Crippen LogP contribution >= 0.6 is 23.4 Å². The third-order valence-electron chi connectivity index (χ3n) is 3.65. The Labute approximate surface area is 137 Å². The summed E-state index contributed by atoms with van der Waals surface area (Å²) in [7, 11) is 0. The second-order valence-electron chi connectivity index (χ2n) is 5.18. The van der Waals surface area contributed by atoms with Gasteiger partial charge in [0.2, 0.25) is 0 Å². The summed E-state index contributed by atoms with van der Waals surface area (Å²) in [4.78, 5) is 0. The highest BCUT2D eigenvalue weighted by Crippen LogP contribution is 2.41. The number of hydrogen-bond donors (Lipinski definition) is 1. The van der Waals surface area contributed by atoms with Crippen LogP contribution < -0.4 is 10.1 Å². The molecular weight excluding hydrogens is 335 g/mol. The highest BCUT2D eigenvalue weighted by molar-refractivity contribution is 7.99. The maximum absolute atomic E-state index is 13.2. The van der Waals surface area contributed by atoms with Gasteiger partial charge < -0.3 is 10.1 Å². The number of thioether (sulfide) groups is 1. The van der Waals surface area contributed by atoms with Gasteiger partial charge in [-0.15, -0.1) is 0 Å². The normalized spacial score (nSPS) is 20.1. The Morgan fingerprint density at radius 1 is 1.45 bits per heavy atom. The topological polar surface area (TPSA) is 21.3 Å². The molecule has 2 unspecified atom stereocenters. The molecule has 2 rings (SSSR count). The first-order valence-corrected chi connectivity index (χ1v) is 8.77. The molecule has 124 valence electrons. The molecule has 1 aromatic carbocycles. The summed E-state index contributed by atoms with van der Waals surface area (Å²) in [6.45, 7) is 3.68. The summed E-state index contributed by atoms with van der Waals surface area (Å²) in [6, 6.07) is 4.08. The van der Waals surface area contributed by atoms with Gasteiger partial charge in [-0.1, -0.05) is 24.6 Å². The van der Waals surface area contributed by atoms with Gasteiger partial charge in [-0.05, 0) is 30.9 Å². The number of nitrogens with one attached hydrogen (secondary N) is 1. The zero-order valence-corrected chi connectivity index (χ0v) is 13.8. The fraction of sp³-hybridized carbons (Fsp3) is 0.600. The minimum atomic E-state index is -4.52. The van der Waals surface area contributed by atoms with E-state index in [1.807, 2.05) is 6.92 Å². The van der Waals surface area contributed by atoms with Crippen LogP contribution in [0.5, 0.6) is 5.75 Å². The van der Waals surface area contributed by atoms with Crippen molar-refractivity contribution < 1.29 is 17.9 Å². The van der Waals surface area contributed by atoms with Crippen molar-refractivity contribution in [3.8, 4) is 5.75 Å². The van der Waals surface area contributed by atoms with Gasteiger partial charge >= 0.3 is 6.18 Å². The van der Waals surface area contributed by atoms with E-state index in [0.29, 0.717) is 5.75 Å². The summed E-state index contributed by atoms with van der Waals surface area (Å²) >= 11 is 7.42. The lowest BCUT2D eigenvalue weighted by Gasteiger charge is -2.26. The largest absolute Gasteiger partial charge is 0.489 e. The van der Waals surface area contributed by atoms with Gasteiger partial charge in [-0.25, -0.2) is 0 Å². The molecule has 1 aromatic rings. The van der Waals surface area contributed by atoms with E-state index < -0.39 is 11.7 Å². The first kappa shape index (κ1) is 17.8. The SMILES string of the molecule is CCSCC(Oc1cccc(Cl)c1C(F)(F)F)C1CCNC1. The van der Waals surface area contributed by atoms with Crippen molar-refractivity contribution in [2.45, 2.75) is 25.6 Å². The molecule has 0 aliphatic carbocycles. The lowest BCUT2D eigenvalue weighted by Crippen LogP contribution is -2.32. The summed E-state index contributed by atoms with van der Waals surface area (Å²) in [5, 5.41) is 2.91. The second-order valence-corrected chi connectivity index (χ2v) is 6.91. The van der Waals surface area contributed by atoms with E-state index in [-0.39, 0.29) is 22.8 Å². The van der Waals surface area contributed by atoms with Gasteiger partial charge in [-0.3, -0.25) is 0 Å². The van der Waals surface area contributed by atoms with Gasteiger partial charge in [0.05, 0.1) is 5.02 Å². The highest BCUT2D eigenvalue weighted by atomic mass is 35.5. The standard InChI is InChI=1S/C15H19ClF3NOS/c1-2-22-9-13(10-6-7-20-8-10)21-12-5-3-4-11(16)14(12)15(17,18)19/h3-5,10,13,20H,2,6-9H2,1H3. The molecule has 1 aliphatic rings. The number of halogens is 4. The van der Waals surface area contributed by atoms with Crippen molar-refractivity contribution in [1.82, 2.24) is 5.32 Å². The van der Waals surface area contributed by atoms with Gasteiger partial charge in [0.25, 0.3) is 0 Å². The molecule has 7 heteroatoms. The van der Waals surface area contributed by atoms with Gasteiger partial charge in [0, 0.05) is 18.2 Å². The Hall–Kier alpha value is -0.590. The Morgan fingerprint density at radius 2 is 2.23 bits per heavy atom. The van der Waals surface area contributed by atoms with E-state index in [9.17, 15) is 13.2 Å². The molecule has 1 aliphatic heterocycles. The first-order chi connectivity index (χ1) is 10.4. The van der Waals surface area contributed by atoms with Crippen LogP contribution in [0, 0.1) is 5.92 Å². The summed E-state index contributed by atoms with van der Waals surface area (Å²) in [6.07, 6.45) is -3.86. The Kier molecular flexibility index (Phi) is 6.29. The van der Waals surface area contributed by atoms with Crippen LogP contribution in [0.25, 0.3) is 0 Å². The molecule has 0 aromatic heterocycles. The van der Waals surface area contributed by atoms with Crippen LogP contribution in [-0.4, -0.2) is 30.7 Å². The summed E-state index contributed by atoms with van der Waals surface area (Å²) in [5.41, 5.74) is -0.880. The quantitative estimate of drug-likeness (QED) is 0.815. The van der Waals surface area contributed by atoms with Crippen LogP contribution in [-0.2, 0) is 6.18 Å². The zero-order valence-electron chi connectivity index (χ0n) is 12.3. The van der Waals surface area contributed by atoms with E-state index in [0.717, 1.165) is 25.3 Å². The lowest BCUT2D eigenvalue weighted by atomic mass is 10.0. The number of rotatable bonds is 6. The van der Waals surface area contributed by atoms with Crippen molar-refractivity contribution in [3.05, 3.63) is 28.8 Å². The molecule has 1 N–H and O–H groups in total. The van der Waals surface area contributed by atoms with E-state index >= 15 is 0 Å². The Balaban J connectivity index is 2.23. The summed E-state index contributed by atoms with van der Waals surface area (Å²) < 4.78 is 45.4. The minimum absolute atomic E-state index is 0.173. The Bertz CT molecular complexity index is 492. The molecule has 1 heterocycles. The molecule has 1 saturated heterocycles. The van der Waals surface area contributed by atoms with Gasteiger partial charge in [-0.2, -0.15) is 24.9 Å². The van der Waals surface area contributed by atoms with Crippen LogP contribution in [0.1, 0.15) is 18.9 Å². The third-order valence-corrected chi connectivity index (χ3v) is 4.94. The monoisotopic (exact) mass is 353 g/mol. The second kappa shape index (κ2) is 7.79. The van der Waals surface area contributed by atoms with Gasteiger partial charge in [0.15, 0.2) is 0 Å². The van der Waals surface area contributed by atoms with Crippen molar-refractivity contribution in [2.24, 2.45) is 5.92 Å². The van der Waals surface area contributed by atoms with Crippen molar-refractivity contribution in [2.75, 3.05) is 24.6 Å². The summed E-state index contributed by atoms with van der Waals surface area (Å²) in [5.74, 6) is 1.63. The number of benzene rings is 1. The molecular formula is C15H19ClF3NOS. The lowest BCUT2D eigenvalue weighted by molar-refractivity contribution is -0.139. The number of hydrogen-bond acceptors (Lipinski definition) is 3. The fourth-order valence-electron chi connectivity index (χ4n) is 2.54. The van der Waals surface area contributed by atoms with Crippen LogP contribution in [0.15, 0.2) is 18.2 Å². The van der Waals surface area contributed by atoms with Crippen molar-refractivity contribution >= 4 is 23.4 Å². The predicted molar refractivity (Wildman–Crippen MR) is 84.8 cm³/mol.